The van der Waals surface area contributed by atoms with Gasteiger partial charge in [-0.25, -0.2) is 8.42 Å². The molecule has 7 heteroatoms. The van der Waals surface area contributed by atoms with Gasteiger partial charge in [0.2, 0.25) is 0 Å². The summed E-state index contributed by atoms with van der Waals surface area (Å²) in [5.41, 5.74) is 0.667. The SMILES string of the molecule is CNC(=O)c1ccc(N(C)S(=O)(=O)c2ccccc2)cc1Cl. The molecule has 0 aliphatic carbocycles. The van der Waals surface area contributed by atoms with E-state index in [2.05, 4.69) is 5.32 Å². The zero-order valence-electron chi connectivity index (χ0n) is 12.1. The molecule has 116 valence electrons. The van der Waals surface area contributed by atoms with Gasteiger partial charge < -0.3 is 5.32 Å². The van der Waals surface area contributed by atoms with Crippen molar-refractivity contribution in [3.63, 3.8) is 0 Å². The first kappa shape index (κ1) is 16.3. The van der Waals surface area contributed by atoms with Crippen LogP contribution in [0.2, 0.25) is 5.02 Å². The smallest absolute Gasteiger partial charge is 0.264 e. The second-order valence-electron chi connectivity index (χ2n) is 4.53. The van der Waals surface area contributed by atoms with E-state index in [0.717, 1.165) is 4.31 Å². The summed E-state index contributed by atoms with van der Waals surface area (Å²) in [5.74, 6) is -0.329. The molecule has 0 bridgehead atoms. The molecule has 0 atom stereocenters. The lowest BCUT2D eigenvalue weighted by Crippen LogP contribution is -2.26. The fraction of sp³-hybridized carbons (Fsp3) is 0.133. The summed E-state index contributed by atoms with van der Waals surface area (Å²) in [6, 6.07) is 12.6. The number of nitrogens with one attached hydrogen (secondary N) is 1. The Morgan fingerprint density at radius 1 is 1.14 bits per heavy atom. The van der Waals surface area contributed by atoms with E-state index in [9.17, 15) is 13.2 Å². The van der Waals surface area contributed by atoms with Crippen molar-refractivity contribution >= 4 is 33.2 Å². The third-order valence-corrected chi connectivity index (χ3v) is 5.30. The number of hydrogen-bond acceptors (Lipinski definition) is 3. The molecule has 0 saturated heterocycles. The van der Waals surface area contributed by atoms with Crippen LogP contribution in [0.3, 0.4) is 0 Å². The number of carbonyl (C=O) groups is 1. The number of sulfonamides is 1. The van der Waals surface area contributed by atoms with Crippen LogP contribution in [0.15, 0.2) is 53.4 Å². The zero-order valence-corrected chi connectivity index (χ0v) is 13.6. The van der Waals surface area contributed by atoms with Crippen molar-refractivity contribution in [3.05, 3.63) is 59.1 Å². The fourth-order valence-corrected chi connectivity index (χ4v) is 3.38. The fourth-order valence-electron chi connectivity index (χ4n) is 1.91. The Kier molecular flexibility index (Phi) is 4.73. The van der Waals surface area contributed by atoms with Crippen LogP contribution in [0.4, 0.5) is 5.69 Å². The highest BCUT2D eigenvalue weighted by Gasteiger charge is 2.22. The lowest BCUT2D eigenvalue weighted by molar-refractivity contribution is 0.0963. The number of amides is 1. The predicted octanol–water partition coefficient (Wildman–Crippen LogP) is 2.52. The van der Waals surface area contributed by atoms with Gasteiger partial charge in [-0.05, 0) is 30.3 Å². The van der Waals surface area contributed by atoms with Gasteiger partial charge in [0.05, 0.1) is 21.2 Å². The molecule has 0 unspecified atom stereocenters. The minimum Gasteiger partial charge on any atom is -0.355 e. The third kappa shape index (κ3) is 3.08. The summed E-state index contributed by atoms with van der Waals surface area (Å²) < 4.78 is 26.2. The molecule has 0 radical (unpaired) electrons. The topological polar surface area (TPSA) is 66.5 Å². The summed E-state index contributed by atoms with van der Waals surface area (Å²) >= 11 is 6.06. The molecule has 2 aromatic rings. The Morgan fingerprint density at radius 2 is 1.77 bits per heavy atom. The predicted molar refractivity (Wildman–Crippen MR) is 86.9 cm³/mol. The number of benzene rings is 2. The van der Waals surface area contributed by atoms with E-state index in [1.165, 1.54) is 44.4 Å². The van der Waals surface area contributed by atoms with Crippen molar-refractivity contribution in [1.82, 2.24) is 5.32 Å². The zero-order chi connectivity index (χ0) is 16.3. The van der Waals surface area contributed by atoms with Gasteiger partial charge in [0, 0.05) is 14.1 Å². The average Bonchev–Trinajstić information content (AvgIpc) is 2.54. The lowest BCUT2D eigenvalue weighted by Gasteiger charge is -2.20. The second kappa shape index (κ2) is 6.37. The first-order valence-electron chi connectivity index (χ1n) is 6.43. The van der Waals surface area contributed by atoms with E-state index in [4.69, 9.17) is 11.6 Å². The van der Waals surface area contributed by atoms with Gasteiger partial charge >= 0.3 is 0 Å². The third-order valence-electron chi connectivity index (χ3n) is 3.19. The number of carbonyl (C=O) groups excluding carboxylic acids is 1. The molecule has 0 fully saturated rings. The summed E-state index contributed by atoms with van der Waals surface area (Å²) in [4.78, 5) is 11.8. The van der Waals surface area contributed by atoms with E-state index < -0.39 is 10.0 Å². The van der Waals surface area contributed by atoms with Crippen LogP contribution in [0.25, 0.3) is 0 Å². The number of anilines is 1. The van der Waals surface area contributed by atoms with Crippen molar-refractivity contribution in [2.24, 2.45) is 0 Å². The van der Waals surface area contributed by atoms with Gasteiger partial charge in [-0.15, -0.1) is 0 Å². The number of hydrogen-bond donors (Lipinski definition) is 1. The molecule has 0 heterocycles. The Balaban J connectivity index is 2.40. The van der Waals surface area contributed by atoms with Crippen LogP contribution in [0.5, 0.6) is 0 Å². The summed E-state index contributed by atoms with van der Waals surface area (Å²) in [7, 11) is -0.737. The van der Waals surface area contributed by atoms with E-state index in [-0.39, 0.29) is 15.8 Å². The Morgan fingerprint density at radius 3 is 2.32 bits per heavy atom. The summed E-state index contributed by atoms with van der Waals surface area (Å²) in [6.45, 7) is 0. The Labute approximate surface area is 134 Å². The van der Waals surface area contributed by atoms with Crippen molar-refractivity contribution in [2.75, 3.05) is 18.4 Å². The Bertz CT molecular complexity index is 792. The van der Waals surface area contributed by atoms with Gasteiger partial charge in [0.1, 0.15) is 0 Å². The van der Waals surface area contributed by atoms with Crippen LogP contribution >= 0.6 is 11.6 Å². The maximum atomic E-state index is 12.5. The minimum absolute atomic E-state index is 0.184. The average molecular weight is 339 g/mol. The lowest BCUT2D eigenvalue weighted by atomic mass is 10.2. The van der Waals surface area contributed by atoms with Gasteiger partial charge in [-0.2, -0.15) is 0 Å². The highest BCUT2D eigenvalue weighted by atomic mass is 35.5. The van der Waals surface area contributed by atoms with Gasteiger partial charge in [0.25, 0.3) is 15.9 Å². The van der Waals surface area contributed by atoms with Crippen molar-refractivity contribution in [2.45, 2.75) is 4.90 Å². The van der Waals surface area contributed by atoms with E-state index >= 15 is 0 Å². The molecule has 5 nitrogen and oxygen atoms in total. The van der Waals surface area contributed by atoms with E-state index in [1.54, 1.807) is 18.2 Å². The molecule has 0 saturated carbocycles. The molecule has 2 aromatic carbocycles. The molecule has 0 aliphatic heterocycles. The van der Waals surface area contributed by atoms with Crippen molar-refractivity contribution < 1.29 is 13.2 Å². The molecule has 0 aliphatic rings. The second-order valence-corrected chi connectivity index (χ2v) is 6.91. The molecule has 2 rings (SSSR count). The van der Waals surface area contributed by atoms with Gasteiger partial charge in [0.15, 0.2) is 0 Å². The number of halogens is 1. The van der Waals surface area contributed by atoms with Crippen molar-refractivity contribution in [3.8, 4) is 0 Å². The first-order valence-corrected chi connectivity index (χ1v) is 8.25. The minimum atomic E-state index is -3.67. The molecule has 0 spiro atoms. The van der Waals surface area contributed by atoms with Gasteiger partial charge in [-0.3, -0.25) is 9.10 Å². The largest absolute Gasteiger partial charge is 0.355 e. The molecule has 22 heavy (non-hydrogen) atoms. The van der Waals surface area contributed by atoms with Crippen LogP contribution in [0.1, 0.15) is 10.4 Å². The summed E-state index contributed by atoms with van der Waals surface area (Å²) in [6.07, 6.45) is 0. The molecule has 1 N–H and O–H groups in total. The summed E-state index contributed by atoms with van der Waals surface area (Å²) in [5, 5.41) is 2.66. The quantitative estimate of drug-likeness (QED) is 0.931. The molecular weight excluding hydrogens is 324 g/mol. The molecule has 1 amide bonds. The van der Waals surface area contributed by atoms with Crippen molar-refractivity contribution in [1.29, 1.82) is 0 Å². The van der Waals surface area contributed by atoms with Crippen LogP contribution in [0, 0.1) is 0 Å². The molecule has 0 aromatic heterocycles. The highest BCUT2D eigenvalue weighted by molar-refractivity contribution is 7.92. The maximum absolute atomic E-state index is 12.5. The number of rotatable bonds is 4. The molecular formula is C15H15ClN2O3S. The normalized spacial score (nSPS) is 11.0. The van der Waals surface area contributed by atoms with Gasteiger partial charge in [-0.1, -0.05) is 29.8 Å². The first-order chi connectivity index (χ1) is 10.4. The van der Waals surface area contributed by atoms with Crippen LogP contribution < -0.4 is 9.62 Å². The maximum Gasteiger partial charge on any atom is 0.264 e. The van der Waals surface area contributed by atoms with Crippen LogP contribution in [-0.2, 0) is 10.0 Å². The standard InChI is InChI=1S/C15H15ClN2O3S/c1-17-15(19)13-9-8-11(10-14(13)16)18(2)22(20,21)12-6-4-3-5-7-12/h3-10H,1-2H3,(H,17,19). The highest BCUT2D eigenvalue weighted by Crippen LogP contribution is 2.27. The Hall–Kier alpha value is -2.05. The monoisotopic (exact) mass is 338 g/mol. The van der Waals surface area contributed by atoms with E-state index in [0.29, 0.717) is 11.3 Å². The van der Waals surface area contributed by atoms with E-state index in [1.807, 2.05) is 0 Å². The number of nitrogens with zero attached hydrogens (tertiary/aromatic N) is 1. The van der Waals surface area contributed by atoms with Crippen LogP contribution in [-0.4, -0.2) is 28.4 Å².